The van der Waals surface area contributed by atoms with Crippen LogP contribution in [0.15, 0.2) is 0 Å². The normalized spacial score (nSPS) is 27.5. The fraction of sp³-hybridized carbons (Fsp3) is 1.00. The van der Waals surface area contributed by atoms with Crippen LogP contribution in [0.25, 0.3) is 0 Å². The van der Waals surface area contributed by atoms with Gasteiger partial charge in [0.25, 0.3) is 0 Å². The predicted octanol–water partition coefficient (Wildman–Crippen LogP) is 2.19. The Kier molecular flexibility index (Phi) is 4.74. The van der Waals surface area contributed by atoms with Crippen LogP contribution in [0.4, 0.5) is 0 Å². The van der Waals surface area contributed by atoms with Gasteiger partial charge in [0.15, 0.2) is 0 Å². The molecule has 0 bridgehead atoms. The van der Waals surface area contributed by atoms with Crippen molar-refractivity contribution in [1.29, 1.82) is 0 Å². The first-order chi connectivity index (χ1) is 6.24. The Bertz CT molecular complexity index is 132. The Hall–Kier alpha value is -0.0800. The molecule has 0 spiro atoms. The summed E-state index contributed by atoms with van der Waals surface area (Å²) in [5.74, 6) is 0.765. The standard InChI is InChI=1S/C11H23NO/c1-4-9(2)10(3)12-8-11-6-5-7-13-11/h9-12H,4-8H2,1-3H3. The molecule has 1 rings (SSSR count). The lowest BCUT2D eigenvalue weighted by Gasteiger charge is -2.21. The smallest absolute Gasteiger partial charge is 0.0700 e. The minimum Gasteiger partial charge on any atom is -0.377 e. The van der Waals surface area contributed by atoms with Crippen molar-refractivity contribution >= 4 is 0 Å². The average Bonchev–Trinajstić information content (AvgIpc) is 2.65. The second kappa shape index (κ2) is 5.61. The van der Waals surface area contributed by atoms with Gasteiger partial charge < -0.3 is 10.1 Å². The molecule has 2 heteroatoms. The van der Waals surface area contributed by atoms with Gasteiger partial charge in [-0.2, -0.15) is 0 Å². The zero-order chi connectivity index (χ0) is 9.68. The fourth-order valence-electron chi connectivity index (χ4n) is 1.68. The number of ether oxygens (including phenoxy) is 1. The van der Waals surface area contributed by atoms with Crippen molar-refractivity contribution in [2.24, 2.45) is 5.92 Å². The van der Waals surface area contributed by atoms with E-state index >= 15 is 0 Å². The van der Waals surface area contributed by atoms with E-state index in [-0.39, 0.29) is 0 Å². The van der Waals surface area contributed by atoms with Gasteiger partial charge in [-0.15, -0.1) is 0 Å². The molecular weight excluding hydrogens is 162 g/mol. The Labute approximate surface area is 82.0 Å². The van der Waals surface area contributed by atoms with Crippen LogP contribution >= 0.6 is 0 Å². The highest BCUT2D eigenvalue weighted by Crippen LogP contribution is 2.12. The molecule has 1 heterocycles. The third kappa shape index (κ3) is 3.65. The Balaban J connectivity index is 2.10. The van der Waals surface area contributed by atoms with E-state index in [9.17, 15) is 0 Å². The summed E-state index contributed by atoms with van der Waals surface area (Å²) in [6.07, 6.45) is 4.20. The molecule has 0 radical (unpaired) electrons. The van der Waals surface area contributed by atoms with Crippen molar-refractivity contribution in [2.45, 2.75) is 52.2 Å². The van der Waals surface area contributed by atoms with Crippen molar-refractivity contribution in [3.05, 3.63) is 0 Å². The monoisotopic (exact) mass is 185 g/mol. The summed E-state index contributed by atoms with van der Waals surface area (Å²) in [6, 6.07) is 0.620. The summed E-state index contributed by atoms with van der Waals surface area (Å²) in [5, 5.41) is 3.55. The molecule has 78 valence electrons. The van der Waals surface area contributed by atoms with Gasteiger partial charge >= 0.3 is 0 Å². The van der Waals surface area contributed by atoms with E-state index < -0.39 is 0 Å². The SMILES string of the molecule is CCC(C)C(C)NCC1CCCO1. The second-order valence-electron chi connectivity index (χ2n) is 4.22. The lowest BCUT2D eigenvalue weighted by Crippen LogP contribution is -2.37. The molecular formula is C11H23NO. The first kappa shape index (κ1) is 11.0. The van der Waals surface area contributed by atoms with Crippen LogP contribution in [0, 0.1) is 5.92 Å². The highest BCUT2D eigenvalue weighted by Gasteiger charge is 2.17. The molecule has 0 aromatic heterocycles. The summed E-state index contributed by atoms with van der Waals surface area (Å²) < 4.78 is 5.55. The molecule has 0 aromatic rings. The lowest BCUT2D eigenvalue weighted by molar-refractivity contribution is 0.106. The molecule has 1 aliphatic heterocycles. The van der Waals surface area contributed by atoms with E-state index in [0.29, 0.717) is 12.1 Å². The molecule has 13 heavy (non-hydrogen) atoms. The molecule has 2 nitrogen and oxygen atoms in total. The van der Waals surface area contributed by atoms with E-state index in [1.165, 1.54) is 19.3 Å². The zero-order valence-corrected chi connectivity index (χ0v) is 9.18. The Morgan fingerprint density at radius 2 is 2.23 bits per heavy atom. The van der Waals surface area contributed by atoms with Crippen LogP contribution in [0.1, 0.15) is 40.0 Å². The number of rotatable bonds is 5. The fourth-order valence-corrected chi connectivity index (χ4v) is 1.68. The first-order valence-corrected chi connectivity index (χ1v) is 5.59. The van der Waals surface area contributed by atoms with Crippen LogP contribution in [0.2, 0.25) is 0 Å². The summed E-state index contributed by atoms with van der Waals surface area (Å²) in [4.78, 5) is 0. The van der Waals surface area contributed by atoms with Crippen LogP contribution in [-0.4, -0.2) is 25.3 Å². The molecule has 0 amide bonds. The van der Waals surface area contributed by atoms with Crippen molar-refractivity contribution < 1.29 is 4.74 Å². The van der Waals surface area contributed by atoms with E-state index in [1.807, 2.05) is 0 Å². The van der Waals surface area contributed by atoms with Crippen molar-refractivity contribution in [1.82, 2.24) is 5.32 Å². The number of nitrogens with one attached hydrogen (secondary N) is 1. The lowest BCUT2D eigenvalue weighted by atomic mass is 10.0. The number of hydrogen-bond acceptors (Lipinski definition) is 2. The average molecular weight is 185 g/mol. The largest absolute Gasteiger partial charge is 0.377 e. The number of hydrogen-bond donors (Lipinski definition) is 1. The second-order valence-corrected chi connectivity index (χ2v) is 4.22. The summed E-state index contributed by atoms with van der Waals surface area (Å²) in [7, 11) is 0. The van der Waals surface area contributed by atoms with Gasteiger partial charge in [0.05, 0.1) is 6.10 Å². The van der Waals surface area contributed by atoms with Crippen LogP contribution in [-0.2, 0) is 4.74 Å². The van der Waals surface area contributed by atoms with Crippen LogP contribution in [0.5, 0.6) is 0 Å². The summed E-state index contributed by atoms with van der Waals surface area (Å²) >= 11 is 0. The van der Waals surface area contributed by atoms with E-state index in [0.717, 1.165) is 19.1 Å². The molecule has 1 aliphatic rings. The van der Waals surface area contributed by atoms with Crippen molar-refractivity contribution in [3.8, 4) is 0 Å². The molecule has 3 unspecified atom stereocenters. The molecule has 0 saturated carbocycles. The maximum atomic E-state index is 5.55. The summed E-state index contributed by atoms with van der Waals surface area (Å²) in [6.45, 7) is 8.81. The maximum absolute atomic E-state index is 5.55. The highest BCUT2D eigenvalue weighted by molar-refractivity contribution is 4.72. The van der Waals surface area contributed by atoms with Gasteiger partial charge in [-0.05, 0) is 25.7 Å². The third-order valence-electron chi connectivity index (χ3n) is 3.19. The third-order valence-corrected chi connectivity index (χ3v) is 3.19. The van der Waals surface area contributed by atoms with Gasteiger partial charge in [0, 0.05) is 19.2 Å². The topological polar surface area (TPSA) is 21.3 Å². The molecule has 0 aromatic carbocycles. The molecule has 1 N–H and O–H groups in total. The molecule has 0 aliphatic carbocycles. The molecule has 3 atom stereocenters. The minimum atomic E-state index is 0.478. The van der Waals surface area contributed by atoms with E-state index in [1.54, 1.807) is 0 Å². The van der Waals surface area contributed by atoms with Gasteiger partial charge in [0.2, 0.25) is 0 Å². The first-order valence-electron chi connectivity index (χ1n) is 5.59. The van der Waals surface area contributed by atoms with Gasteiger partial charge in [0.1, 0.15) is 0 Å². The van der Waals surface area contributed by atoms with Crippen LogP contribution in [0.3, 0.4) is 0 Å². The predicted molar refractivity (Wildman–Crippen MR) is 55.9 cm³/mol. The van der Waals surface area contributed by atoms with Crippen molar-refractivity contribution in [3.63, 3.8) is 0 Å². The summed E-state index contributed by atoms with van der Waals surface area (Å²) in [5.41, 5.74) is 0. The zero-order valence-electron chi connectivity index (χ0n) is 9.18. The molecule has 1 fully saturated rings. The Morgan fingerprint density at radius 1 is 1.46 bits per heavy atom. The Morgan fingerprint density at radius 3 is 2.77 bits per heavy atom. The quantitative estimate of drug-likeness (QED) is 0.709. The van der Waals surface area contributed by atoms with Gasteiger partial charge in [-0.1, -0.05) is 20.3 Å². The van der Waals surface area contributed by atoms with Gasteiger partial charge in [-0.25, -0.2) is 0 Å². The molecule has 1 saturated heterocycles. The minimum absolute atomic E-state index is 0.478. The highest BCUT2D eigenvalue weighted by atomic mass is 16.5. The van der Waals surface area contributed by atoms with E-state index in [2.05, 4.69) is 26.1 Å². The van der Waals surface area contributed by atoms with Crippen LogP contribution < -0.4 is 5.32 Å². The van der Waals surface area contributed by atoms with E-state index in [4.69, 9.17) is 4.74 Å². The van der Waals surface area contributed by atoms with Gasteiger partial charge in [-0.3, -0.25) is 0 Å². The van der Waals surface area contributed by atoms with Crippen molar-refractivity contribution in [2.75, 3.05) is 13.2 Å². The maximum Gasteiger partial charge on any atom is 0.0700 e.